The molecule has 1 saturated carbocycles. The molecule has 0 spiro atoms. The van der Waals surface area contributed by atoms with Gasteiger partial charge in [-0.2, -0.15) is 0 Å². The topological polar surface area (TPSA) is 92.6 Å². The Balaban J connectivity index is 1.77. The van der Waals surface area contributed by atoms with Crippen LogP contribution in [0, 0.1) is 5.41 Å². The van der Waals surface area contributed by atoms with E-state index in [0.717, 1.165) is 29.8 Å². The van der Waals surface area contributed by atoms with E-state index < -0.39 is 15.3 Å². The number of nitrogens with zero attached hydrogens (tertiary/aromatic N) is 4. The number of rotatable bonds is 5. The highest BCUT2D eigenvalue weighted by Crippen LogP contribution is 2.48. The normalized spacial score (nSPS) is 19.3. The van der Waals surface area contributed by atoms with Gasteiger partial charge < -0.3 is 0 Å². The number of anilines is 1. The van der Waals surface area contributed by atoms with Gasteiger partial charge in [0.2, 0.25) is 11.0 Å². The average molecular weight is 354 g/mol. The minimum Gasteiger partial charge on any atom is -0.292 e. The number of carbonyl (C=O) groups is 1. The quantitative estimate of drug-likeness (QED) is 0.792. The minimum absolute atomic E-state index is 0.105. The first-order valence-corrected chi connectivity index (χ1v) is 10.2. The highest BCUT2D eigenvalue weighted by atomic mass is 32.2. The Morgan fingerprint density at radius 1 is 1.39 bits per heavy atom. The Morgan fingerprint density at radius 2 is 2.13 bits per heavy atom. The molecule has 23 heavy (non-hydrogen) atoms. The van der Waals surface area contributed by atoms with Crippen LogP contribution in [0.4, 0.5) is 5.13 Å². The molecule has 9 heteroatoms. The maximum atomic E-state index is 12.7. The van der Waals surface area contributed by atoms with E-state index >= 15 is 0 Å². The van der Waals surface area contributed by atoms with E-state index in [4.69, 9.17) is 0 Å². The van der Waals surface area contributed by atoms with Gasteiger partial charge in [-0.15, -0.1) is 10.2 Å². The fourth-order valence-electron chi connectivity index (χ4n) is 2.64. The van der Waals surface area contributed by atoms with E-state index in [-0.39, 0.29) is 11.7 Å². The second-order valence-electron chi connectivity index (χ2n) is 6.09. The minimum atomic E-state index is -3.20. The number of hydrogen-bond donors (Lipinski definition) is 0. The number of dihydropyridines is 1. The van der Waals surface area contributed by atoms with E-state index in [9.17, 15) is 13.2 Å². The molecule has 3 rings (SSSR count). The molecule has 0 aromatic carbocycles. The maximum Gasteiger partial charge on any atom is 0.235 e. The third-order valence-corrected chi connectivity index (χ3v) is 6.08. The summed E-state index contributed by atoms with van der Waals surface area (Å²) < 4.78 is 23.1. The van der Waals surface area contributed by atoms with Gasteiger partial charge in [-0.25, -0.2) is 8.42 Å². The molecule has 0 atom stereocenters. The van der Waals surface area contributed by atoms with Crippen molar-refractivity contribution in [2.45, 2.75) is 19.3 Å². The Kier molecular flexibility index (Phi) is 4.09. The SMILES string of the molecule is CN(C(=O)C1(CS(C)(=O)=O)CC1)c1nnc(C2=CCCN=C2)s1. The predicted octanol–water partition coefficient (Wildman–Crippen LogP) is 1.18. The number of carbonyl (C=O) groups excluding carboxylic acids is 1. The lowest BCUT2D eigenvalue weighted by molar-refractivity contribution is -0.122. The van der Waals surface area contributed by atoms with Crippen LogP contribution in [0.2, 0.25) is 0 Å². The van der Waals surface area contributed by atoms with Crippen molar-refractivity contribution in [1.82, 2.24) is 10.2 Å². The molecule has 1 amide bonds. The zero-order valence-electron chi connectivity index (χ0n) is 13.0. The van der Waals surface area contributed by atoms with Crippen molar-refractivity contribution >= 4 is 44.0 Å². The first-order valence-electron chi connectivity index (χ1n) is 7.30. The Labute approximate surface area is 139 Å². The van der Waals surface area contributed by atoms with Gasteiger partial charge in [-0.3, -0.25) is 14.7 Å². The molecule has 7 nitrogen and oxygen atoms in total. The van der Waals surface area contributed by atoms with Gasteiger partial charge in [-0.1, -0.05) is 17.4 Å². The van der Waals surface area contributed by atoms with Crippen LogP contribution in [-0.2, 0) is 14.6 Å². The second kappa shape index (κ2) is 5.79. The zero-order chi connectivity index (χ0) is 16.7. The van der Waals surface area contributed by atoms with Crippen molar-refractivity contribution in [3.8, 4) is 0 Å². The highest BCUT2D eigenvalue weighted by molar-refractivity contribution is 7.90. The molecule has 0 unspecified atom stereocenters. The van der Waals surface area contributed by atoms with E-state index in [2.05, 4.69) is 15.2 Å². The van der Waals surface area contributed by atoms with E-state index in [1.165, 1.54) is 16.2 Å². The summed E-state index contributed by atoms with van der Waals surface area (Å²) >= 11 is 1.31. The number of allylic oxidation sites excluding steroid dienone is 1. The smallest absolute Gasteiger partial charge is 0.235 e. The summed E-state index contributed by atoms with van der Waals surface area (Å²) in [6, 6.07) is 0. The van der Waals surface area contributed by atoms with Crippen LogP contribution in [0.1, 0.15) is 24.3 Å². The van der Waals surface area contributed by atoms with Crippen LogP contribution >= 0.6 is 11.3 Å². The van der Waals surface area contributed by atoms with E-state index in [1.54, 1.807) is 13.3 Å². The molecule has 0 saturated heterocycles. The molecule has 2 aliphatic rings. The molecule has 1 aliphatic heterocycles. The lowest BCUT2D eigenvalue weighted by Gasteiger charge is -2.20. The fourth-order valence-corrected chi connectivity index (χ4v) is 4.86. The Bertz CT molecular complexity index is 791. The largest absolute Gasteiger partial charge is 0.292 e. The molecule has 2 heterocycles. The monoisotopic (exact) mass is 354 g/mol. The molecule has 1 fully saturated rings. The van der Waals surface area contributed by atoms with Crippen LogP contribution < -0.4 is 4.90 Å². The van der Waals surface area contributed by atoms with Crippen LogP contribution in [-0.4, -0.2) is 56.3 Å². The van der Waals surface area contributed by atoms with Gasteiger partial charge in [0, 0.05) is 31.6 Å². The molecule has 1 aromatic rings. The lowest BCUT2D eigenvalue weighted by Crippen LogP contribution is -2.37. The molecule has 1 aromatic heterocycles. The Morgan fingerprint density at radius 3 is 2.70 bits per heavy atom. The summed E-state index contributed by atoms with van der Waals surface area (Å²) in [5.41, 5.74) is 0.137. The van der Waals surface area contributed by atoms with Crippen molar-refractivity contribution in [2.24, 2.45) is 10.4 Å². The number of aromatic nitrogens is 2. The Hall–Kier alpha value is -1.61. The molecular weight excluding hydrogens is 336 g/mol. The summed E-state index contributed by atoms with van der Waals surface area (Å²) in [4.78, 5) is 18.3. The fraction of sp³-hybridized carbons (Fsp3) is 0.571. The van der Waals surface area contributed by atoms with E-state index in [1.807, 2.05) is 6.08 Å². The van der Waals surface area contributed by atoms with E-state index in [0.29, 0.717) is 18.0 Å². The molecule has 0 radical (unpaired) electrons. The van der Waals surface area contributed by atoms with Crippen molar-refractivity contribution in [3.63, 3.8) is 0 Å². The summed E-state index contributed by atoms with van der Waals surface area (Å²) in [6.07, 6.45) is 7.05. The van der Waals surface area contributed by atoms with Gasteiger partial charge in [-0.05, 0) is 19.3 Å². The number of sulfone groups is 1. The lowest BCUT2D eigenvalue weighted by atomic mass is 10.1. The van der Waals surface area contributed by atoms with Crippen molar-refractivity contribution in [3.05, 3.63) is 11.1 Å². The second-order valence-corrected chi connectivity index (χ2v) is 9.18. The molecule has 0 bridgehead atoms. The van der Waals surface area contributed by atoms with Crippen molar-refractivity contribution in [2.75, 3.05) is 30.5 Å². The number of amides is 1. The van der Waals surface area contributed by atoms with Gasteiger partial charge in [0.05, 0.1) is 11.2 Å². The molecule has 1 aliphatic carbocycles. The van der Waals surface area contributed by atoms with Crippen LogP contribution in [0.3, 0.4) is 0 Å². The third-order valence-electron chi connectivity index (χ3n) is 3.95. The van der Waals surface area contributed by atoms with Gasteiger partial charge in [0.25, 0.3) is 0 Å². The highest BCUT2D eigenvalue weighted by Gasteiger charge is 2.53. The standard InChI is InChI=1S/C14H18N4O3S2/c1-18(12(19)14(5-6-14)9-23(2,20)21)13-17-16-11(22-13)10-4-3-7-15-8-10/h4,8H,3,5-7,9H2,1-2H3. The third kappa shape index (κ3) is 3.50. The van der Waals surface area contributed by atoms with Gasteiger partial charge >= 0.3 is 0 Å². The molecule has 124 valence electrons. The van der Waals surface area contributed by atoms with Crippen LogP contribution in [0.15, 0.2) is 11.1 Å². The van der Waals surface area contributed by atoms with Crippen LogP contribution in [0.25, 0.3) is 5.57 Å². The summed E-state index contributed by atoms with van der Waals surface area (Å²) in [6.45, 7) is 0.779. The summed E-state index contributed by atoms with van der Waals surface area (Å²) in [7, 11) is -1.58. The zero-order valence-corrected chi connectivity index (χ0v) is 14.7. The number of aliphatic imine (C=N–C) groups is 1. The predicted molar refractivity (Wildman–Crippen MR) is 90.6 cm³/mol. The van der Waals surface area contributed by atoms with Crippen molar-refractivity contribution in [1.29, 1.82) is 0 Å². The molecule has 0 N–H and O–H groups in total. The van der Waals surface area contributed by atoms with Crippen molar-refractivity contribution < 1.29 is 13.2 Å². The number of hydrogen-bond acceptors (Lipinski definition) is 7. The van der Waals surface area contributed by atoms with Gasteiger partial charge in [0.15, 0.2) is 5.01 Å². The summed E-state index contributed by atoms with van der Waals surface area (Å²) in [5, 5.41) is 9.38. The van der Waals surface area contributed by atoms with Gasteiger partial charge in [0.1, 0.15) is 9.84 Å². The van der Waals surface area contributed by atoms with Crippen LogP contribution in [0.5, 0.6) is 0 Å². The molecular formula is C14H18N4O3S2. The summed E-state index contributed by atoms with van der Waals surface area (Å²) in [5.74, 6) is -0.302. The average Bonchev–Trinajstić information content (AvgIpc) is 3.10. The maximum absolute atomic E-state index is 12.7. The first-order chi connectivity index (χ1) is 10.8. The first kappa shape index (κ1) is 16.3.